The average molecular weight is 438 g/mol. The van der Waals surface area contributed by atoms with Gasteiger partial charge in [-0.15, -0.1) is 0 Å². The fraction of sp³-hybridized carbons (Fsp3) is 0.636. The number of nitrogens with zero attached hydrogens (tertiary/aromatic N) is 2. The predicted octanol–water partition coefficient (Wildman–Crippen LogP) is 4.46. The van der Waals surface area contributed by atoms with Gasteiger partial charge in [-0.1, -0.05) is 23.2 Å². The van der Waals surface area contributed by atoms with Crippen molar-refractivity contribution in [2.45, 2.75) is 62.9 Å². The van der Waals surface area contributed by atoms with Gasteiger partial charge in [0.1, 0.15) is 0 Å². The standard InChI is InChI=1S/C22H29Cl2N3O2/c1-14(28)27-7-4-20(5-8-27)26(2)21(29)25-19-3-6-22(13-16(22)11-19)15-9-17(23)12-18(24)10-15/h9-10,12,16,19-20H,3-8,11,13H2,1-2H3,(H,25,29). The Hall–Kier alpha value is -1.46. The minimum absolute atomic E-state index is 0.00947. The molecule has 2 saturated carbocycles. The molecule has 4 rings (SSSR count). The van der Waals surface area contributed by atoms with Crippen molar-refractivity contribution in [3.63, 3.8) is 0 Å². The maximum absolute atomic E-state index is 12.8. The van der Waals surface area contributed by atoms with E-state index in [1.165, 1.54) is 5.56 Å². The molecule has 158 valence electrons. The predicted molar refractivity (Wildman–Crippen MR) is 115 cm³/mol. The third-order valence-electron chi connectivity index (χ3n) is 7.28. The zero-order valence-corrected chi connectivity index (χ0v) is 18.6. The van der Waals surface area contributed by atoms with Gasteiger partial charge in [0.25, 0.3) is 0 Å². The van der Waals surface area contributed by atoms with Gasteiger partial charge < -0.3 is 15.1 Å². The number of carbonyl (C=O) groups excluding carboxylic acids is 2. The average Bonchev–Trinajstić information content (AvgIpc) is 3.42. The SMILES string of the molecule is CC(=O)N1CCC(N(C)C(=O)NC2CCC3(c4cc(Cl)cc(Cl)c4)CC3C2)CC1. The van der Waals surface area contributed by atoms with Gasteiger partial charge in [-0.2, -0.15) is 0 Å². The van der Waals surface area contributed by atoms with Gasteiger partial charge in [0, 0.05) is 49.2 Å². The van der Waals surface area contributed by atoms with Crippen molar-refractivity contribution in [1.82, 2.24) is 15.1 Å². The molecule has 29 heavy (non-hydrogen) atoms. The fourth-order valence-corrected chi connectivity index (χ4v) is 5.90. The van der Waals surface area contributed by atoms with Gasteiger partial charge in [-0.05, 0) is 73.6 Å². The third-order valence-corrected chi connectivity index (χ3v) is 7.72. The van der Waals surface area contributed by atoms with Crippen LogP contribution in [-0.2, 0) is 10.2 Å². The van der Waals surface area contributed by atoms with E-state index in [2.05, 4.69) is 5.32 Å². The smallest absolute Gasteiger partial charge is 0.317 e. The van der Waals surface area contributed by atoms with Gasteiger partial charge in [-0.25, -0.2) is 4.79 Å². The number of nitrogens with one attached hydrogen (secondary N) is 1. The van der Waals surface area contributed by atoms with Gasteiger partial charge in [0.05, 0.1) is 0 Å². The summed E-state index contributed by atoms with van der Waals surface area (Å²) in [7, 11) is 1.88. The normalized spacial score (nSPS) is 29.2. The number of amides is 3. The number of carbonyl (C=O) groups is 2. The number of halogens is 2. The molecule has 1 saturated heterocycles. The van der Waals surface area contributed by atoms with Crippen LogP contribution in [0.5, 0.6) is 0 Å². The lowest BCUT2D eigenvalue weighted by Gasteiger charge is -2.37. The Morgan fingerprint density at radius 2 is 1.79 bits per heavy atom. The number of rotatable bonds is 3. The Balaban J connectivity index is 1.30. The van der Waals surface area contributed by atoms with Crippen molar-refractivity contribution in [3.8, 4) is 0 Å². The number of urea groups is 1. The molecule has 1 aliphatic heterocycles. The zero-order valence-electron chi connectivity index (χ0n) is 17.1. The van der Waals surface area contributed by atoms with E-state index in [1.807, 2.05) is 29.0 Å². The highest BCUT2D eigenvalue weighted by molar-refractivity contribution is 6.34. The lowest BCUT2D eigenvalue weighted by atomic mass is 9.81. The number of piperidine rings is 1. The summed E-state index contributed by atoms with van der Waals surface area (Å²) in [5, 5.41) is 4.64. The van der Waals surface area contributed by atoms with E-state index >= 15 is 0 Å². The Labute approximate surface area is 182 Å². The molecular weight excluding hydrogens is 409 g/mol. The second kappa shape index (κ2) is 7.99. The van der Waals surface area contributed by atoms with Crippen LogP contribution in [0, 0.1) is 5.92 Å². The molecule has 1 aromatic rings. The van der Waals surface area contributed by atoms with Crippen LogP contribution in [0.3, 0.4) is 0 Å². The highest BCUT2D eigenvalue weighted by Crippen LogP contribution is 2.62. The summed E-state index contributed by atoms with van der Waals surface area (Å²) in [6.07, 6.45) is 5.87. The Morgan fingerprint density at radius 1 is 1.14 bits per heavy atom. The maximum Gasteiger partial charge on any atom is 0.317 e. The van der Waals surface area contributed by atoms with Gasteiger partial charge in [0.2, 0.25) is 5.91 Å². The highest BCUT2D eigenvalue weighted by atomic mass is 35.5. The van der Waals surface area contributed by atoms with Crippen molar-refractivity contribution < 1.29 is 9.59 Å². The number of fused-ring (bicyclic) bond motifs is 1. The molecule has 1 heterocycles. The maximum atomic E-state index is 12.8. The second-order valence-corrected chi connectivity index (χ2v) is 9.86. The van der Waals surface area contributed by atoms with Crippen molar-refractivity contribution in [3.05, 3.63) is 33.8 Å². The molecule has 3 aliphatic rings. The van der Waals surface area contributed by atoms with Crippen LogP contribution in [0.25, 0.3) is 0 Å². The largest absolute Gasteiger partial charge is 0.343 e. The van der Waals surface area contributed by atoms with Gasteiger partial charge in [-0.3, -0.25) is 4.79 Å². The number of likely N-dealkylation sites (tertiary alicyclic amines) is 1. The topological polar surface area (TPSA) is 52.7 Å². The summed E-state index contributed by atoms with van der Waals surface area (Å²) >= 11 is 12.4. The monoisotopic (exact) mass is 437 g/mol. The fourth-order valence-electron chi connectivity index (χ4n) is 5.37. The van der Waals surface area contributed by atoms with E-state index in [9.17, 15) is 9.59 Å². The molecule has 0 aromatic heterocycles. The van der Waals surface area contributed by atoms with Gasteiger partial charge >= 0.3 is 6.03 Å². The van der Waals surface area contributed by atoms with Crippen LogP contribution in [0.2, 0.25) is 10.0 Å². The number of hydrogen-bond acceptors (Lipinski definition) is 2. The first-order valence-corrected chi connectivity index (χ1v) is 11.3. The Kier molecular flexibility index (Phi) is 5.73. The van der Waals surface area contributed by atoms with E-state index in [0.29, 0.717) is 16.0 Å². The van der Waals surface area contributed by atoms with Gasteiger partial charge in [0.15, 0.2) is 0 Å². The minimum Gasteiger partial charge on any atom is -0.343 e. The Morgan fingerprint density at radius 3 is 2.38 bits per heavy atom. The van der Waals surface area contributed by atoms with Crippen molar-refractivity contribution in [2.24, 2.45) is 5.92 Å². The van der Waals surface area contributed by atoms with Crippen LogP contribution in [0.1, 0.15) is 51.0 Å². The van der Waals surface area contributed by atoms with Crippen LogP contribution in [-0.4, -0.2) is 54.0 Å². The first-order chi connectivity index (χ1) is 13.8. The van der Waals surface area contributed by atoms with E-state index < -0.39 is 0 Å². The molecule has 1 N–H and O–H groups in total. The lowest BCUT2D eigenvalue weighted by Crippen LogP contribution is -2.52. The van der Waals surface area contributed by atoms with E-state index in [4.69, 9.17) is 23.2 Å². The van der Waals surface area contributed by atoms with Crippen molar-refractivity contribution >= 4 is 35.1 Å². The summed E-state index contributed by atoms with van der Waals surface area (Å²) in [5.74, 6) is 0.701. The molecule has 3 unspecified atom stereocenters. The molecule has 5 nitrogen and oxygen atoms in total. The van der Waals surface area contributed by atoms with E-state index in [0.717, 1.165) is 51.6 Å². The van der Waals surface area contributed by atoms with Crippen LogP contribution in [0.15, 0.2) is 18.2 Å². The third kappa shape index (κ3) is 4.22. The molecule has 1 aromatic carbocycles. The van der Waals surface area contributed by atoms with Crippen molar-refractivity contribution in [2.75, 3.05) is 20.1 Å². The molecule has 0 bridgehead atoms. The molecule has 0 radical (unpaired) electrons. The summed E-state index contributed by atoms with van der Waals surface area (Å²) in [4.78, 5) is 28.0. The molecule has 3 amide bonds. The van der Waals surface area contributed by atoms with Crippen LogP contribution < -0.4 is 5.32 Å². The number of hydrogen-bond donors (Lipinski definition) is 1. The highest BCUT2D eigenvalue weighted by Gasteiger charge is 2.57. The first-order valence-electron chi connectivity index (χ1n) is 10.5. The van der Waals surface area contributed by atoms with Crippen molar-refractivity contribution in [1.29, 1.82) is 0 Å². The molecule has 7 heteroatoms. The van der Waals surface area contributed by atoms with Crippen LogP contribution in [0.4, 0.5) is 4.79 Å². The number of benzene rings is 1. The zero-order chi connectivity index (χ0) is 20.8. The summed E-state index contributed by atoms with van der Waals surface area (Å²) in [6.45, 7) is 3.07. The molecular formula is C22H29Cl2N3O2. The van der Waals surface area contributed by atoms with E-state index in [1.54, 1.807) is 13.0 Å². The lowest BCUT2D eigenvalue weighted by molar-refractivity contribution is -0.130. The summed E-state index contributed by atoms with van der Waals surface area (Å²) < 4.78 is 0. The minimum atomic E-state index is 0.00947. The quantitative estimate of drug-likeness (QED) is 0.758. The Bertz CT molecular complexity index is 789. The molecule has 3 fully saturated rings. The van der Waals surface area contributed by atoms with Crippen LogP contribution >= 0.6 is 23.2 Å². The second-order valence-electron chi connectivity index (χ2n) is 8.98. The summed E-state index contributed by atoms with van der Waals surface area (Å²) in [6, 6.07) is 6.31. The molecule has 2 aliphatic carbocycles. The molecule has 0 spiro atoms. The molecule has 3 atom stereocenters. The van der Waals surface area contributed by atoms with E-state index in [-0.39, 0.29) is 29.4 Å². The summed E-state index contributed by atoms with van der Waals surface area (Å²) in [5.41, 5.74) is 1.44. The first kappa shape index (κ1) is 20.8.